The van der Waals surface area contributed by atoms with Crippen molar-refractivity contribution in [1.29, 1.82) is 0 Å². The Balaban J connectivity index is 2.55. The molecule has 0 aromatic carbocycles. The molecule has 0 aliphatic carbocycles. The Morgan fingerprint density at radius 1 is 1.38 bits per heavy atom. The third kappa shape index (κ3) is 3.80. The topological polar surface area (TPSA) is 69.6 Å². The first-order valence-corrected chi connectivity index (χ1v) is 6.51. The lowest BCUT2D eigenvalue weighted by Crippen LogP contribution is -2.49. The third-order valence-electron chi connectivity index (χ3n) is 3.53. The van der Waals surface area contributed by atoms with E-state index >= 15 is 0 Å². The van der Waals surface area contributed by atoms with Gasteiger partial charge in [0, 0.05) is 26.1 Å². The lowest BCUT2D eigenvalue weighted by Gasteiger charge is -2.27. The van der Waals surface area contributed by atoms with Gasteiger partial charge in [-0.2, -0.15) is 13.2 Å². The van der Waals surface area contributed by atoms with Crippen LogP contribution in [-0.2, 0) is 4.79 Å². The first-order chi connectivity index (χ1) is 9.74. The fourth-order valence-corrected chi connectivity index (χ4v) is 2.17. The SMILES string of the molecule is C#CCCCCNC(=O)N1CCC(C(=O)O)(C(F)(F)F)C1. The van der Waals surface area contributed by atoms with Gasteiger partial charge in [0.1, 0.15) is 0 Å². The summed E-state index contributed by atoms with van der Waals surface area (Å²) in [7, 11) is 0. The van der Waals surface area contributed by atoms with E-state index < -0.39 is 36.6 Å². The van der Waals surface area contributed by atoms with Crippen molar-refractivity contribution in [1.82, 2.24) is 10.2 Å². The van der Waals surface area contributed by atoms with Gasteiger partial charge in [-0.3, -0.25) is 4.79 Å². The Kier molecular flexibility index (Phi) is 5.47. The van der Waals surface area contributed by atoms with Gasteiger partial charge in [0.2, 0.25) is 0 Å². The molecule has 0 spiro atoms. The Hall–Kier alpha value is -1.91. The largest absolute Gasteiger partial charge is 0.481 e. The molecule has 1 atom stereocenters. The lowest BCUT2D eigenvalue weighted by molar-refractivity contribution is -0.226. The van der Waals surface area contributed by atoms with Crippen LogP contribution in [0.5, 0.6) is 0 Å². The number of unbranched alkanes of at least 4 members (excludes halogenated alkanes) is 2. The molecule has 1 aliphatic rings. The molecular weight excluding hydrogens is 289 g/mol. The van der Waals surface area contributed by atoms with Crippen LogP contribution in [0.2, 0.25) is 0 Å². The number of terminal acetylenes is 1. The fourth-order valence-electron chi connectivity index (χ4n) is 2.17. The zero-order valence-electron chi connectivity index (χ0n) is 11.4. The summed E-state index contributed by atoms with van der Waals surface area (Å²) in [6.45, 7) is -0.798. The maximum absolute atomic E-state index is 12.9. The van der Waals surface area contributed by atoms with Crippen LogP contribution in [0, 0.1) is 17.8 Å². The molecule has 2 N–H and O–H groups in total. The second-order valence-electron chi connectivity index (χ2n) is 4.95. The molecule has 0 saturated carbocycles. The number of hydrogen-bond donors (Lipinski definition) is 2. The van der Waals surface area contributed by atoms with Gasteiger partial charge in [-0.1, -0.05) is 0 Å². The van der Waals surface area contributed by atoms with Gasteiger partial charge in [0.15, 0.2) is 5.41 Å². The first kappa shape index (κ1) is 17.1. The Bertz CT molecular complexity index is 445. The molecule has 1 rings (SSSR count). The van der Waals surface area contributed by atoms with E-state index in [0.29, 0.717) is 25.8 Å². The monoisotopic (exact) mass is 306 g/mol. The summed E-state index contributed by atoms with van der Waals surface area (Å²) in [5.41, 5.74) is -2.87. The minimum absolute atomic E-state index is 0.234. The molecule has 1 fully saturated rings. The van der Waals surface area contributed by atoms with Gasteiger partial charge in [0.05, 0.1) is 0 Å². The predicted octanol–water partition coefficient (Wildman–Crippen LogP) is 1.84. The van der Waals surface area contributed by atoms with Crippen LogP contribution in [0.3, 0.4) is 0 Å². The molecule has 0 aromatic heterocycles. The van der Waals surface area contributed by atoms with Crippen LogP contribution in [-0.4, -0.2) is 47.8 Å². The second-order valence-corrected chi connectivity index (χ2v) is 4.95. The number of carboxylic acids is 1. The molecule has 0 aromatic rings. The average molecular weight is 306 g/mol. The first-order valence-electron chi connectivity index (χ1n) is 6.51. The van der Waals surface area contributed by atoms with Gasteiger partial charge < -0.3 is 15.3 Å². The van der Waals surface area contributed by atoms with Crippen molar-refractivity contribution < 1.29 is 27.9 Å². The molecule has 21 heavy (non-hydrogen) atoms. The van der Waals surface area contributed by atoms with Crippen LogP contribution in [0.1, 0.15) is 25.7 Å². The van der Waals surface area contributed by atoms with E-state index in [0.717, 1.165) is 4.90 Å². The van der Waals surface area contributed by atoms with Gasteiger partial charge in [-0.15, -0.1) is 12.3 Å². The highest BCUT2D eigenvalue weighted by molar-refractivity contribution is 5.80. The van der Waals surface area contributed by atoms with Crippen molar-refractivity contribution in [2.75, 3.05) is 19.6 Å². The molecule has 8 heteroatoms. The van der Waals surface area contributed by atoms with E-state index in [1.807, 2.05) is 0 Å². The van der Waals surface area contributed by atoms with Gasteiger partial charge in [0.25, 0.3) is 0 Å². The number of nitrogens with one attached hydrogen (secondary N) is 1. The lowest BCUT2D eigenvalue weighted by atomic mass is 9.86. The van der Waals surface area contributed by atoms with Crippen LogP contribution < -0.4 is 5.32 Å². The summed E-state index contributed by atoms with van der Waals surface area (Å²) in [4.78, 5) is 23.6. The molecule has 1 saturated heterocycles. The normalized spacial score (nSPS) is 21.9. The van der Waals surface area contributed by atoms with Gasteiger partial charge in [-0.25, -0.2) is 4.79 Å². The summed E-state index contributed by atoms with van der Waals surface area (Å²) in [5, 5.41) is 11.3. The molecule has 5 nitrogen and oxygen atoms in total. The van der Waals surface area contributed by atoms with Crippen molar-refractivity contribution >= 4 is 12.0 Å². The summed E-state index contributed by atoms with van der Waals surface area (Å²) < 4.78 is 38.8. The number of carboxylic acid groups (broad SMARTS) is 1. The van der Waals surface area contributed by atoms with E-state index in [1.54, 1.807) is 0 Å². The highest BCUT2D eigenvalue weighted by Gasteiger charge is 2.64. The van der Waals surface area contributed by atoms with Crippen molar-refractivity contribution in [3.63, 3.8) is 0 Å². The second kappa shape index (κ2) is 6.70. The molecule has 0 radical (unpaired) electrons. The molecule has 1 unspecified atom stereocenters. The van der Waals surface area contributed by atoms with E-state index in [1.165, 1.54) is 0 Å². The third-order valence-corrected chi connectivity index (χ3v) is 3.53. The Morgan fingerprint density at radius 3 is 2.52 bits per heavy atom. The van der Waals surface area contributed by atoms with Crippen LogP contribution in [0.25, 0.3) is 0 Å². The number of likely N-dealkylation sites (tertiary alicyclic amines) is 1. The Labute approximate surface area is 120 Å². The van der Waals surface area contributed by atoms with Crippen molar-refractivity contribution in [3.05, 3.63) is 0 Å². The number of halogens is 3. The van der Waals surface area contributed by atoms with Crippen molar-refractivity contribution in [3.8, 4) is 12.3 Å². The van der Waals surface area contributed by atoms with Crippen LogP contribution >= 0.6 is 0 Å². The van der Waals surface area contributed by atoms with Crippen LogP contribution in [0.4, 0.5) is 18.0 Å². The number of nitrogens with zero attached hydrogens (tertiary/aromatic N) is 1. The molecule has 1 aliphatic heterocycles. The minimum Gasteiger partial charge on any atom is -0.481 e. The van der Waals surface area contributed by atoms with Crippen LogP contribution in [0.15, 0.2) is 0 Å². The summed E-state index contributed by atoms with van der Waals surface area (Å²) in [6, 6.07) is -0.678. The number of urea groups is 1. The number of amides is 2. The number of carbonyl (C=O) groups is 2. The van der Waals surface area contributed by atoms with Gasteiger partial charge >= 0.3 is 18.2 Å². The standard InChI is InChI=1S/C13H17F3N2O3/c1-2-3-4-5-7-17-11(21)18-8-6-12(9-18,10(19)20)13(14,15)16/h1H,3-9H2,(H,17,21)(H,19,20). The highest BCUT2D eigenvalue weighted by Crippen LogP contribution is 2.45. The quantitative estimate of drug-likeness (QED) is 0.601. The molecule has 0 bridgehead atoms. The predicted molar refractivity (Wildman–Crippen MR) is 68.4 cm³/mol. The number of carbonyl (C=O) groups excluding carboxylic acids is 1. The zero-order valence-corrected chi connectivity index (χ0v) is 11.4. The maximum atomic E-state index is 12.9. The summed E-state index contributed by atoms with van der Waals surface area (Å²) in [5.74, 6) is 0.492. The fraction of sp³-hybridized carbons (Fsp3) is 0.692. The van der Waals surface area contributed by atoms with E-state index in [2.05, 4.69) is 11.2 Å². The van der Waals surface area contributed by atoms with E-state index in [-0.39, 0.29) is 6.54 Å². The minimum atomic E-state index is -4.89. The van der Waals surface area contributed by atoms with Crippen molar-refractivity contribution in [2.24, 2.45) is 5.41 Å². The summed E-state index contributed by atoms with van der Waals surface area (Å²) in [6.07, 6.45) is 1.43. The average Bonchev–Trinajstić information content (AvgIpc) is 2.84. The van der Waals surface area contributed by atoms with Crippen molar-refractivity contribution in [2.45, 2.75) is 31.9 Å². The number of aliphatic carboxylic acids is 1. The number of rotatable bonds is 5. The van der Waals surface area contributed by atoms with E-state index in [9.17, 15) is 22.8 Å². The van der Waals surface area contributed by atoms with E-state index in [4.69, 9.17) is 11.5 Å². The highest BCUT2D eigenvalue weighted by atomic mass is 19.4. The van der Waals surface area contributed by atoms with Gasteiger partial charge in [-0.05, 0) is 19.3 Å². The smallest absolute Gasteiger partial charge is 0.406 e. The number of alkyl halides is 3. The molecule has 1 heterocycles. The summed E-state index contributed by atoms with van der Waals surface area (Å²) >= 11 is 0. The molecular formula is C13H17F3N2O3. The number of hydrogen-bond acceptors (Lipinski definition) is 2. The molecule has 118 valence electrons. The molecule has 2 amide bonds. The zero-order chi connectivity index (χ0) is 16.1. The maximum Gasteiger partial charge on any atom is 0.406 e. The Morgan fingerprint density at radius 2 is 2.05 bits per heavy atom.